The number of fused-ring (bicyclic) bond motifs is 1. The predicted molar refractivity (Wildman–Crippen MR) is 143 cm³/mol. The molecule has 180 valence electrons. The van der Waals surface area contributed by atoms with Crippen LogP contribution >= 0.6 is 0 Å². The van der Waals surface area contributed by atoms with Crippen molar-refractivity contribution < 1.29 is 0 Å². The summed E-state index contributed by atoms with van der Waals surface area (Å²) in [6, 6.07) is 12.6. The summed E-state index contributed by atoms with van der Waals surface area (Å²) in [6.07, 6.45) is 5.67. The van der Waals surface area contributed by atoms with Gasteiger partial charge in [-0.05, 0) is 56.5 Å². The van der Waals surface area contributed by atoms with Gasteiger partial charge < -0.3 is 20.0 Å². The summed E-state index contributed by atoms with van der Waals surface area (Å²) in [6.45, 7) is 9.18. The molecule has 5 rings (SSSR count). The van der Waals surface area contributed by atoms with Gasteiger partial charge in [0, 0.05) is 74.0 Å². The van der Waals surface area contributed by atoms with E-state index in [0.29, 0.717) is 0 Å². The second kappa shape index (κ2) is 9.85. The van der Waals surface area contributed by atoms with Crippen LogP contribution in [0, 0.1) is 0 Å². The minimum atomic E-state index is 0.739. The van der Waals surface area contributed by atoms with Gasteiger partial charge in [-0.3, -0.25) is 10.1 Å². The Hall–Kier alpha value is -3.75. The minimum Gasteiger partial charge on any atom is -0.354 e. The van der Waals surface area contributed by atoms with Gasteiger partial charge in [0.1, 0.15) is 11.5 Å². The van der Waals surface area contributed by atoms with Crippen molar-refractivity contribution in [1.82, 2.24) is 30.0 Å². The first-order valence-corrected chi connectivity index (χ1v) is 11.9. The Balaban J connectivity index is 1.38. The van der Waals surface area contributed by atoms with Gasteiger partial charge in [-0.1, -0.05) is 12.6 Å². The molecule has 2 N–H and O–H groups in total. The zero-order valence-electron chi connectivity index (χ0n) is 20.6. The van der Waals surface area contributed by atoms with E-state index in [4.69, 9.17) is 0 Å². The van der Waals surface area contributed by atoms with Crippen LogP contribution in [0.4, 0.5) is 11.5 Å². The van der Waals surface area contributed by atoms with E-state index < -0.39 is 0 Å². The number of H-pyrrole nitrogens is 1. The molecule has 4 heterocycles. The first kappa shape index (κ1) is 23.0. The maximum atomic E-state index is 4.59. The van der Waals surface area contributed by atoms with Crippen LogP contribution in [0.25, 0.3) is 27.7 Å². The molecule has 1 saturated heterocycles. The normalized spacial score (nSPS) is 14.6. The average Bonchev–Trinajstić information content (AvgIpc) is 3.28. The van der Waals surface area contributed by atoms with Gasteiger partial charge in [-0.15, -0.1) is 0 Å². The maximum Gasteiger partial charge on any atom is 0.130 e. The van der Waals surface area contributed by atoms with Gasteiger partial charge in [0.25, 0.3) is 0 Å². The molecule has 1 aliphatic heterocycles. The van der Waals surface area contributed by atoms with Crippen LogP contribution in [0.5, 0.6) is 0 Å². The number of hydrogen-bond acceptors (Lipinski definition) is 7. The first-order valence-electron chi connectivity index (χ1n) is 11.9. The molecular weight excluding hydrogens is 436 g/mol. The summed E-state index contributed by atoms with van der Waals surface area (Å²) in [4.78, 5) is 15.8. The minimum absolute atomic E-state index is 0.739. The van der Waals surface area contributed by atoms with E-state index in [9.17, 15) is 0 Å². The van der Waals surface area contributed by atoms with Crippen LogP contribution in [0.1, 0.15) is 11.3 Å². The molecule has 8 heteroatoms. The van der Waals surface area contributed by atoms with Crippen LogP contribution in [-0.4, -0.2) is 77.3 Å². The fourth-order valence-electron chi connectivity index (χ4n) is 4.46. The Morgan fingerprint density at radius 3 is 2.69 bits per heavy atom. The summed E-state index contributed by atoms with van der Waals surface area (Å²) in [5.74, 6) is 0.982. The van der Waals surface area contributed by atoms with Crippen LogP contribution in [0.15, 0.2) is 61.6 Å². The number of rotatable bonds is 7. The maximum absolute atomic E-state index is 4.59. The van der Waals surface area contributed by atoms with Crippen molar-refractivity contribution in [2.75, 3.05) is 57.5 Å². The summed E-state index contributed by atoms with van der Waals surface area (Å²) in [5, 5.41) is 12.2. The molecular formula is C27H32N8. The molecule has 4 aromatic rings. The lowest BCUT2D eigenvalue weighted by Crippen LogP contribution is -2.44. The first-order chi connectivity index (χ1) is 17.0. The van der Waals surface area contributed by atoms with E-state index in [2.05, 4.69) is 98.2 Å². The molecule has 0 amide bonds. The summed E-state index contributed by atoms with van der Waals surface area (Å²) >= 11 is 0. The van der Waals surface area contributed by atoms with Gasteiger partial charge >= 0.3 is 0 Å². The SMILES string of the molecule is C=C(Nc1ccnc(N2CCN(C)CC2)c1)c1n[nH]c2ccc(-c3cncc(CN(C)C)c3)cc12. The lowest BCUT2D eigenvalue weighted by atomic mass is 10.0. The smallest absolute Gasteiger partial charge is 0.130 e. The second-order valence-corrected chi connectivity index (χ2v) is 9.45. The van der Waals surface area contributed by atoms with Gasteiger partial charge in [-0.25, -0.2) is 4.98 Å². The predicted octanol–water partition coefficient (Wildman–Crippen LogP) is 3.92. The number of piperazine rings is 1. The summed E-state index contributed by atoms with van der Waals surface area (Å²) < 4.78 is 0. The highest BCUT2D eigenvalue weighted by Gasteiger charge is 2.16. The lowest BCUT2D eigenvalue weighted by Gasteiger charge is -2.33. The molecule has 0 aliphatic carbocycles. The monoisotopic (exact) mass is 468 g/mol. The molecule has 1 aliphatic rings. The Morgan fingerprint density at radius 2 is 1.89 bits per heavy atom. The van der Waals surface area contributed by atoms with Crippen molar-refractivity contribution in [2.24, 2.45) is 0 Å². The van der Waals surface area contributed by atoms with Crippen molar-refractivity contribution in [3.8, 4) is 11.1 Å². The van der Waals surface area contributed by atoms with Crippen LogP contribution in [-0.2, 0) is 6.54 Å². The number of anilines is 2. The average molecular weight is 469 g/mol. The molecule has 0 atom stereocenters. The highest BCUT2D eigenvalue weighted by molar-refractivity contribution is 5.95. The third-order valence-electron chi connectivity index (χ3n) is 6.34. The number of aromatic nitrogens is 4. The highest BCUT2D eigenvalue weighted by Crippen LogP contribution is 2.29. The standard InChI is InChI=1S/C27H32N8/c1-19(30-23-7-8-29-26(15-23)35-11-9-34(4)10-12-35)27-24-14-21(5-6-25(24)31-32-27)22-13-20(16-28-17-22)18-33(2)3/h5-8,13-17H,1,9-12,18H2,2-4H3,(H,29,30)(H,31,32). The third kappa shape index (κ3) is 5.18. The molecule has 35 heavy (non-hydrogen) atoms. The Kier molecular flexibility index (Phi) is 6.48. The van der Waals surface area contributed by atoms with E-state index in [-0.39, 0.29) is 0 Å². The number of nitrogens with one attached hydrogen (secondary N) is 2. The van der Waals surface area contributed by atoms with Crippen molar-refractivity contribution in [3.63, 3.8) is 0 Å². The number of hydrogen-bond donors (Lipinski definition) is 2. The van der Waals surface area contributed by atoms with Crippen LogP contribution in [0.2, 0.25) is 0 Å². The molecule has 1 fully saturated rings. The fraction of sp³-hybridized carbons (Fsp3) is 0.296. The Morgan fingerprint density at radius 1 is 1.06 bits per heavy atom. The Labute approximate surface area is 206 Å². The number of nitrogens with zero attached hydrogens (tertiary/aromatic N) is 6. The van der Waals surface area contributed by atoms with E-state index in [1.165, 1.54) is 5.56 Å². The lowest BCUT2D eigenvalue weighted by molar-refractivity contribution is 0.312. The fourth-order valence-corrected chi connectivity index (χ4v) is 4.46. The number of likely N-dealkylation sites (N-methyl/N-ethyl adjacent to an activating group) is 1. The van der Waals surface area contributed by atoms with Gasteiger partial charge in [-0.2, -0.15) is 5.10 Å². The Bertz CT molecular complexity index is 1330. The molecule has 3 aromatic heterocycles. The van der Waals surface area contributed by atoms with Crippen molar-refractivity contribution in [1.29, 1.82) is 0 Å². The molecule has 0 bridgehead atoms. The van der Waals surface area contributed by atoms with E-state index in [1.807, 2.05) is 24.7 Å². The van der Waals surface area contributed by atoms with E-state index >= 15 is 0 Å². The molecule has 1 aromatic carbocycles. The summed E-state index contributed by atoms with van der Waals surface area (Å²) in [7, 11) is 6.28. The second-order valence-electron chi connectivity index (χ2n) is 9.45. The van der Waals surface area contributed by atoms with Crippen molar-refractivity contribution in [3.05, 3.63) is 72.8 Å². The number of pyridine rings is 2. The molecule has 0 spiro atoms. The van der Waals surface area contributed by atoms with Crippen molar-refractivity contribution in [2.45, 2.75) is 6.54 Å². The molecule has 0 unspecified atom stereocenters. The van der Waals surface area contributed by atoms with E-state index in [0.717, 1.165) is 77.6 Å². The van der Waals surface area contributed by atoms with Crippen LogP contribution in [0.3, 0.4) is 0 Å². The van der Waals surface area contributed by atoms with Gasteiger partial charge in [0.15, 0.2) is 0 Å². The third-order valence-corrected chi connectivity index (χ3v) is 6.34. The molecule has 0 saturated carbocycles. The zero-order valence-corrected chi connectivity index (χ0v) is 20.6. The molecule has 8 nitrogen and oxygen atoms in total. The topological polar surface area (TPSA) is 76.2 Å². The van der Waals surface area contributed by atoms with Crippen LogP contribution < -0.4 is 10.2 Å². The largest absolute Gasteiger partial charge is 0.354 e. The molecule has 0 radical (unpaired) electrons. The zero-order chi connectivity index (χ0) is 24.4. The number of benzene rings is 1. The quantitative estimate of drug-likeness (QED) is 0.426. The van der Waals surface area contributed by atoms with Gasteiger partial charge in [0.05, 0.1) is 11.2 Å². The van der Waals surface area contributed by atoms with Gasteiger partial charge in [0.2, 0.25) is 0 Å². The number of aromatic amines is 1. The van der Waals surface area contributed by atoms with E-state index in [1.54, 1.807) is 0 Å². The summed E-state index contributed by atoms with van der Waals surface area (Å²) in [5.41, 5.74) is 6.83. The van der Waals surface area contributed by atoms with Crippen molar-refractivity contribution >= 4 is 28.1 Å². The highest BCUT2D eigenvalue weighted by atomic mass is 15.3.